The third-order valence-corrected chi connectivity index (χ3v) is 5.75. The molecule has 182 valence electrons. The Kier molecular flexibility index (Phi) is 7.88. The zero-order valence-corrected chi connectivity index (χ0v) is 20.3. The van der Waals surface area contributed by atoms with Crippen LogP contribution in [0.25, 0.3) is 5.69 Å². The predicted octanol–water partition coefficient (Wildman–Crippen LogP) is 3.86. The molecular weight excluding hydrogens is 437 g/mol. The maximum Gasteiger partial charge on any atom is 0.350 e. The first-order valence-electron chi connectivity index (χ1n) is 11.5. The lowest BCUT2D eigenvalue weighted by Crippen LogP contribution is -2.24. The molecule has 0 aliphatic heterocycles. The van der Waals surface area contributed by atoms with E-state index in [2.05, 4.69) is 10.4 Å². The van der Waals surface area contributed by atoms with Crippen molar-refractivity contribution in [2.45, 2.75) is 59.6 Å². The molecule has 0 spiro atoms. The van der Waals surface area contributed by atoms with E-state index in [1.165, 1.54) is 10.6 Å². The SMILES string of the molecule is CCCC(C)Oc1cc(-n2nc(CC)n(C)c2=O)c(F)cc1C(=O)Nc1c(C)cccc1CN. The molecule has 1 atom stereocenters. The molecule has 9 heteroatoms. The normalized spacial score (nSPS) is 12.0. The van der Waals surface area contributed by atoms with Gasteiger partial charge in [-0.25, -0.2) is 9.18 Å². The van der Waals surface area contributed by atoms with E-state index >= 15 is 4.39 Å². The smallest absolute Gasteiger partial charge is 0.350 e. The monoisotopic (exact) mass is 469 g/mol. The summed E-state index contributed by atoms with van der Waals surface area (Å²) < 4.78 is 23.7. The first-order chi connectivity index (χ1) is 16.2. The molecular formula is C25H32FN5O3. The molecule has 3 N–H and O–H groups in total. The lowest BCUT2D eigenvalue weighted by atomic mass is 10.1. The van der Waals surface area contributed by atoms with Gasteiger partial charge in [0, 0.05) is 31.8 Å². The number of nitrogens with two attached hydrogens (primary N) is 1. The lowest BCUT2D eigenvalue weighted by molar-refractivity contribution is 0.101. The van der Waals surface area contributed by atoms with Crippen molar-refractivity contribution in [3.05, 3.63) is 69.1 Å². The van der Waals surface area contributed by atoms with Gasteiger partial charge >= 0.3 is 5.69 Å². The van der Waals surface area contributed by atoms with Crippen LogP contribution in [0.15, 0.2) is 35.1 Å². The van der Waals surface area contributed by atoms with Crippen LogP contribution in [0.3, 0.4) is 0 Å². The summed E-state index contributed by atoms with van der Waals surface area (Å²) in [5.41, 5.74) is 7.49. The number of anilines is 1. The second-order valence-corrected chi connectivity index (χ2v) is 8.31. The molecule has 0 radical (unpaired) electrons. The van der Waals surface area contributed by atoms with E-state index in [0.29, 0.717) is 17.9 Å². The Morgan fingerprint density at radius 1 is 1.29 bits per heavy atom. The van der Waals surface area contributed by atoms with Crippen molar-refractivity contribution < 1.29 is 13.9 Å². The van der Waals surface area contributed by atoms with Gasteiger partial charge in [0.15, 0.2) is 0 Å². The number of hydrogen-bond donors (Lipinski definition) is 2. The molecule has 3 aromatic rings. The highest BCUT2D eigenvalue weighted by Gasteiger charge is 2.23. The Morgan fingerprint density at radius 3 is 2.65 bits per heavy atom. The second kappa shape index (κ2) is 10.6. The Balaban J connectivity index is 2.11. The first kappa shape index (κ1) is 25.2. The van der Waals surface area contributed by atoms with Crippen molar-refractivity contribution in [3.63, 3.8) is 0 Å². The van der Waals surface area contributed by atoms with Crippen molar-refractivity contribution in [2.75, 3.05) is 5.32 Å². The minimum absolute atomic E-state index is 0.0233. The molecule has 0 saturated carbocycles. The number of aromatic nitrogens is 3. The fraction of sp³-hybridized carbons (Fsp3) is 0.400. The maximum atomic E-state index is 15.3. The van der Waals surface area contributed by atoms with Gasteiger partial charge in [-0.3, -0.25) is 9.36 Å². The quantitative estimate of drug-likeness (QED) is 0.495. The summed E-state index contributed by atoms with van der Waals surface area (Å²) in [6.07, 6.45) is 1.91. The molecule has 0 saturated heterocycles. The van der Waals surface area contributed by atoms with Gasteiger partial charge in [0.25, 0.3) is 5.91 Å². The number of halogens is 1. The van der Waals surface area contributed by atoms with Gasteiger partial charge in [0.1, 0.15) is 23.1 Å². The number of nitrogens with zero attached hydrogens (tertiary/aromatic N) is 3. The average Bonchev–Trinajstić information content (AvgIpc) is 3.09. The molecule has 1 aromatic heterocycles. The number of para-hydroxylation sites is 1. The zero-order chi connectivity index (χ0) is 25.0. The summed E-state index contributed by atoms with van der Waals surface area (Å²) in [4.78, 5) is 25.9. The van der Waals surface area contributed by atoms with E-state index in [0.717, 1.165) is 34.7 Å². The molecule has 1 amide bonds. The number of carbonyl (C=O) groups excluding carboxylic acids is 1. The summed E-state index contributed by atoms with van der Waals surface area (Å²) in [5.74, 6) is -0.599. The fourth-order valence-electron chi connectivity index (χ4n) is 3.86. The number of benzene rings is 2. The highest BCUT2D eigenvalue weighted by molar-refractivity contribution is 6.07. The van der Waals surface area contributed by atoms with Gasteiger partial charge in [-0.05, 0) is 37.5 Å². The molecule has 0 aliphatic carbocycles. The molecule has 0 fully saturated rings. The highest BCUT2D eigenvalue weighted by atomic mass is 19.1. The van der Waals surface area contributed by atoms with Crippen LogP contribution >= 0.6 is 0 Å². The molecule has 3 rings (SSSR count). The highest BCUT2D eigenvalue weighted by Crippen LogP contribution is 2.29. The van der Waals surface area contributed by atoms with Gasteiger partial charge in [0.2, 0.25) is 0 Å². The van der Waals surface area contributed by atoms with Crippen LogP contribution in [0.4, 0.5) is 10.1 Å². The minimum atomic E-state index is -0.757. The van der Waals surface area contributed by atoms with Crippen LogP contribution in [0.5, 0.6) is 5.75 Å². The van der Waals surface area contributed by atoms with Gasteiger partial charge in [-0.2, -0.15) is 4.68 Å². The van der Waals surface area contributed by atoms with E-state index in [1.807, 2.05) is 45.9 Å². The Morgan fingerprint density at radius 2 is 2.03 bits per heavy atom. The van der Waals surface area contributed by atoms with Crippen LogP contribution in [0.2, 0.25) is 0 Å². The van der Waals surface area contributed by atoms with Crippen LogP contribution in [0.1, 0.15) is 60.9 Å². The first-order valence-corrected chi connectivity index (χ1v) is 11.5. The molecule has 8 nitrogen and oxygen atoms in total. The van der Waals surface area contributed by atoms with Crippen LogP contribution < -0.4 is 21.5 Å². The molecule has 2 aromatic carbocycles. The summed E-state index contributed by atoms with van der Waals surface area (Å²) in [5, 5.41) is 7.11. The molecule has 1 unspecified atom stereocenters. The van der Waals surface area contributed by atoms with Crippen molar-refractivity contribution in [3.8, 4) is 11.4 Å². The fourth-order valence-corrected chi connectivity index (χ4v) is 3.86. The molecule has 0 aliphatic rings. The van der Waals surface area contributed by atoms with E-state index in [9.17, 15) is 9.59 Å². The molecule has 1 heterocycles. The maximum absolute atomic E-state index is 15.3. The number of carbonyl (C=O) groups is 1. The van der Waals surface area contributed by atoms with Gasteiger partial charge in [-0.1, -0.05) is 38.5 Å². The standard InChI is InChI=1S/C25H32FN5O3/c1-6-9-16(4)34-21-13-20(31-25(33)30(5)22(7-2)29-31)19(26)12-18(21)24(32)28-23-15(3)10-8-11-17(23)14-27/h8,10-13,16H,6-7,9,14,27H2,1-5H3,(H,28,32). The van der Waals surface area contributed by atoms with Crippen LogP contribution in [-0.4, -0.2) is 26.4 Å². The third-order valence-electron chi connectivity index (χ3n) is 5.75. The number of hydrogen-bond acceptors (Lipinski definition) is 5. The van der Waals surface area contributed by atoms with Gasteiger partial charge < -0.3 is 15.8 Å². The second-order valence-electron chi connectivity index (χ2n) is 8.31. The number of amides is 1. The summed E-state index contributed by atoms with van der Waals surface area (Å²) in [6.45, 7) is 7.86. The Hall–Kier alpha value is -3.46. The molecule has 0 bridgehead atoms. The largest absolute Gasteiger partial charge is 0.490 e. The minimum Gasteiger partial charge on any atom is -0.490 e. The topological polar surface area (TPSA) is 104 Å². The van der Waals surface area contributed by atoms with E-state index in [1.54, 1.807) is 7.05 Å². The van der Waals surface area contributed by atoms with Crippen molar-refractivity contribution >= 4 is 11.6 Å². The van der Waals surface area contributed by atoms with E-state index in [-0.39, 0.29) is 29.6 Å². The van der Waals surface area contributed by atoms with Crippen molar-refractivity contribution in [1.82, 2.24) is 14.3 Å². The van der Waals surface area contributed by atoms with E-state index in [4.69, 9.17) is 10.5 Å². The zero-order valence-electron chi connectivity index (χ0n) is 20.3. The number of ether oxygens (including phenoxy) is 1. The Labute approximate surface area is 198 Å². The van der Waals surface area contributed by atoms with Crippen molar-refractivity contribution in [1.29, 1.82) is 0 Å². The average molecular weight is 470 g/mol. The summed E-state index contributed by atoms with van der Waals surface area (Å²) in [6, 6.07) is 8.00. The molecule has 34 heavy (non-hydrogen) atoms. The van der Waals surface area contributed by atoms with E-state index < -0.39 is 17.4 Å². The third kappa shape index (κ3) is 5.04. The van der Waals surface area contributed by atoms with Gasteiger partial charge in [0.05, 0.1) is 11.7 Å². The predicted molar refractivity (Wildman–Crippen MR) is 130 cm³/mol. The Bertz CT molecular complexity index is 1250. The number of aryl methyl sites for hydroxylation is 2. The number of nitrogens with one attached hydrogen (secondary N) is 1. The van der Waals surface area contributed by atoms with Gasteiger partial charge in [-0.15, -0.1) is 5.10 Å². The van der Waals surface area contributed by atoms with Crippen LogP contribution in [0, 0.1) is 12.7 Å². The summed E-state index contributed by atoms with van der Waals surface area (Å²) in [7, 11) is 1.59. The van der Waals surface area contributed by atoms with Crippen molar-refractivity contribution in [2.24, 2.45) is 12.8 Å². The number of rotatable bonds is 9. The van der Waals surface area contributed by atoms with Crippen LogP contribution in [-0.2, 0) is 20.0 Å². The summed E-state index contributed by atoms with van der Waals surface area (Å²) >= 11 is 0. The lowest BCUT2D eigenvalue weighted by Gasteiger charge is -2.19.